The fourth-order valence-corrected chi connectivity index (χ4v) is 2.68. The molecule has 0 saturated heterocycles. The first-order valence-electron chi connectivity index (χ1n) is 8.94. The molecule has 0 heterocycles. The Morgan fingerprint density at radius 3 is 1.79 bits per heavy atom. The van der Waals surface area contributed by atoms with Gasteiger partial charge in [-0.2, -0.15) is 13.2 Å². The van der Waals surface area contributed by atoms with E-state index in [-0.39, 0.29) is 5.75 Å². The van der Waals surface area contributed by atoms with Crippen LogP contribution in [0.5, 0.6) is 11.5 Å². The van der Waals surface area contributed by atoms with E-state index >= 15 is 0 Å². The maximum Gasteiger partial charge on any atom is 0.423 e. The van der Waals surface area contributed by atoms with Gasteiger partial charge in [-0.3, -0.25) is 0 Å². The molecule has 3 atom stereocenters. The highest BCUT2D eigenvalue weighted by Crippen LogP contribution is 2.34. The smallest absolute Gasteiger partial charge is 0.423 e. The maximum atomic E-state index is 13.0. The molecule has 2 aromatic rings. The predicted molar refractivity (Wildman–Crippen MR) is 103 cm³/mol. The third-order valence-corrected chi connectivity index (χ3v) is 4.99. The molecule has 3 nitrogen and oxygen atoms in total. The molecule has 0 radical (unpaired) electrons. The van der Waals surface area contributed by atoms with Crippen LogP contribution in [0.3, 0.4) is 0 Å². The summed E-state index contributed by atoms with van der Waals surface area (Å²) in [6.07, 6.45) is -8.78. The van der Waals surface area contributed by atoms with Crippen LogP contribution in [0.1, 0.15) is 31.9 Å². The van der Waals surface area contributed by atoms with Crippen LogP contribution in [0.2, 0.25) is 0 Å². The number of aliphatic hydroxyl groups excluding tert-OH is 1. The van der Waals surface area contributed by atoms with Crippen LogP contribution >= 0.6 is 11.6 Å². The quantitative estimate of drug-likeness (QED) is 0.433. The lowest BCUT2D eigenvalue weighted by Gasteiger charge is -2.27. The van der Waals surface area contributed by atoms with Gasteiger partial charge in [0, 0.05) is 5.41 Å². The summed E-state index contributed by atoms with van der Waals surface area (Å²) >= 11 is 5.89. The average Bonchev–Trinajstić information content (AvgIpc) is 2.66. The van der Waals surface area contributed by atoms with Crippen molar-refractivity contribution in [2.45, 2.75) is 50.2 Å². The van der Waals surface area contributed by atoms with E-state index in [0.717, 1.165) is 11.1 Å². The van der Waals surface area contributed by atoms with E-state index in [0.29, 0.717) is 5.75 Å². The van der Waals surface area contributed by atoms with Gasteiger partial charge in [0.05, 0.1) is 0 Å². The van der Waals surface area contributed by atoms with Crippen molar-refractivity contribution in [3.63, 3.8) is 0 Å². The minimum atomic E-state index is -4.93. The third kappa shape index (κ3) is 6.24. The van der Waals surface area contributed by atoms with E-state index in [1.807, 2.05) is 26.0 Å². The highest BCUT2D eigenvalue weighted by atomic mass is 35.5. The fourth-order valence-electron chi connectivity index (χ4n) is 2.58. The highest BCUT2D eigenvalue weighted by molar-refractivity contribution is 6.20. The molecule has 8 heteroatoms. The Morgan fingerprint density at radius 1 is 0.931 bits per heavy atom. The largest absolute Gasteiger partial charge is 0.490 e. The summed E-state index contributed by atoms with van der Waals surface area (Å²) in [6.45, 7) is 4.42. The lowest BCUT2D eigenvalue weighted by Crippen LogP contribution is -2.30. The SMILES string of the molecule is CC(O)C(Cl)Oc1ccc(C(C)(C)c2ccc(OCC(F)C(F)(F)F)cc2)cc1. The predicted octanol–water partition coefficient (Wildman–Crippen LogP) is 5.62. The topological polar surface area (TPSA) is 38.7 Å². The van der Waals surface area contributed by atoms with Crippen LogP contribution in [-0.2, 0) is 5.41 Å². The second kappa shape index (κ2) is 9.22. The van der Waals surface area contributed by atoms with Gasteiger partial charge in [0.15, 0.2) is 5.56 Å². The van der Waals surface area contributed by atoms with Gasteiger partial charge in [-0.1, -0.05) is 49.7 Å². The summed E-state index contributed by atoms with van der Waals surface area (Å²) in [5.74, 6) is 0.672. The van der Waals surface area contributed by atoms with E-state index in [1.165, 1.54) is 19.1 Å². The van der Waals surface area contributed by atoms with Crippen molar-refractivity contribution in [3.05, 3.63) is 59.7 Å². The van der Waals surface area contributed by atoms with Gasteiger partial charge in [0.2, 0.25) is 6.17 Å². The molecule has 0 aliphatic carbocycles. The van der Waals surface area contributed by atoms with Crippen molar-refractivity contribution in [2.75, 3.05) is 6.61 Å². The van der Waals surface area contributed by atoms with Crippen molar-refractivity contribution >= 4 is 11.6 Å². The summed E-state index contributed by atoms with van der Waals surface area (Å²) in [7, 11) is 0. The van der Waals surface area contributed by atoms with Gasteiger partial charge in [-0.05, 0) is 42.3 Å². The van der Waals surface area contributed by atoms with E-state index < -0.39 is 36.0 Å². The minimum Gasteiger partial charge on any atom is -0.490 e. The first-order valence-corrected chi connectivity index (χ1v) is 9.38. The summed E-state index contributed by atoms with van der Waals surface area (Å²) in [5.41, 5.74) is 0.576. The lowest BCUT2D eigenvalue weighted by atomic mass is 9.78. The van der Waals surface area contributed by atoms with Gasteiger partial charge < -0.3 is 14.6 Å². The summed E-state index contributed by atoms with van der Waals surface area (Å²) in [5, 5.41) is 9.40. The minimum absolute atomic E-state index is 0.159. The van der Waals surface area contributed by atoms with Crippen molar-refractivity contribution in [1.29, 1.82) is 0 Å². The molecule has 0 aliphatic heterocycles. The Morgan fingerprint density at radius 2 is 1.38 bits per heavy atom. The van der Waals surface area contributed by atoms with Crippen molar-refractivity contribution < 1.29 is 32.1 Å². The Labute approximate surface area is 172 Å². The fraction of sp³-hybridized carbons (Fsp3) is 0.429. The number of alkyl halides is 5. The first-order chi connectivity index (χ1) is 13.4. The zero-order chi connectivity index (χ0) is 21.8. The van der Waals surface area contributed by atoms with Crippen LogP contribution in [0, 0.1) is 0 Å². The molecule has 0 aromatic heterocycles. The zero-order valence-electron chi connectivity index (χ0n) is 16.2. The molecule has 0 aliphatic rings. The number of aliphatic hydroxyl groups is 1. The third-order valence-electron chi connectivity index (χ3n) is 4.53. The Balaban J connectivity index is 2.07. The normalized spacial score (nSPS) is 15.5. The molecule has 160 valence electrons. The second-order valence-corrected chi connectivity index (χ2v) is 7.63. The van der Waals surface area contributed by atoms with Crippen molar-refractivity contribution in [2.24, 2.45) is 0 Å². The van der Waals surface area contributed by atoms with Gasteiger partial charge in [0.25, 0.3) is 0 Å². The van der Waals surface area contributed by atoms with Gasteiger partial charge in [-0.15, -0.1) is 0 Å². The van der Waals surface area contributed by atoms with E-state index in [9.17, 15) is 22.7 Å². The van der Waals surface area contributed by atoms with Crippen molar-refractivity contribution in [3.8, 4) is 11.5 Å². The van der Waals surface area contributed by atoms with Crippen LogP contribution in [-0.4, -0.2) is 35.7 Å². The standard InChI is InChI=1S/C21H23ClF4O3/c1-13(27)19(22)29-17-10-6-15(7-11-17)20(2,3)14-4-8-16(9-5-14)28-12-18(23)21(24,25)26/h4-11,13,18-19,27H,12H2,1-3H3. The van der Waals surface area contributed by atoms with Crippen LogP contribution in [0.25, 0.3) is 0 Å². The summed E-state index contributed by atoms with van der Waals surface area (Å²) < 4.78 is 59.9. The number of benzene rings is 2. The first kappa shape index (κ1) is 23.3. The molecule has 0 amide bonds. The maximum absolute atomic E-state index is 13.0. The molecule has 1 N–H and O–H groups in total. The Kier molecular flexibility index (Phi) is 7.40. The number of ether oxygens (including phenoxy) is 2. The monoisotopic (exact) mass is 434 g/mol. The van der Waals surface area contributed by atoms with E-state index in [2.05, 4.69) is 0 Å². The van der Waals surface area contributed by atoms with Crippen LogP contribution < -0.4 is 9.47 Å². The molecule has 0 spiro atoms. The van der Waals surface area contributed by atoms with Gasteiger partial charge in [0.1, 0.15) is 24.2 Å². The molecule has 0 saturated carbocycles. The molecular formula is C21H23ClF4O3. The van der Waals surface area contributed by atoms with Gasteiger partial charge in [-0.25, -0.2) is 4.39 Å². The molecular weight excluding hydrogens is 412 g/mol. The van der Waals surface area contributed by atoms with E-state index in [4.69, 9.17) is 21.1 Å². The average molecular weight is 435 g/mol. The van der Waals surface area contributed by atoms with Crippen LogP contribution in [0.15, 0.2) is 48.5 Å². The molecule has 0 fully saturated rings. The highest BCUT2D eigenvalue weighted by Gasteiger charge is 2.40. The summed E-state index contributed by atoms with van der Waals surface area (Å²) in [6, 6.07) is 13.7. The number of hydrogen-bond donors (Lipinski definition) is 1. The molecule has 2 rings (SSSR count). The zero-order valence-corrected chi connectivity index (χ0v) is 17.0. The number of halogens is 5. The Bertz CT molecular complexity index is 774. The second-order valence-electron chi connectivity index (χ2n) is 7.20. The van der Waals surface area contributed by atoms with Gasteiger partial charge >= 0.3 is 6.18 Å². The lowest BCUT2D eigenvalue weighted by molar-refractivity contribution is -0.187. The Hall–Kier alpha value is -1.99. The molecule has 29 heavy (non-hydrogen) atoms. The van der Waals surface area contributed by atoms with E-state index in [1.54, 1.807) is 24.3 Å². The number of rotatable bonds is 8. The van der Waals surface area contributed by atoms with Crippen LogP contribution in [0.4, 0.5) is 17.6 Å². The number of hydrogen-bond acceptors (Lipinski definition) is 3. The molecule has 2 aromatic carbocycles. The summed E-state index contributed by atoms with van der Waals surface area (Å²) in [4.78, 5) is 0. The van der Waals surface area contributed by atoms with Crippen molar-refractivity contribution in [1.82, 2.24) is 0 Å². The molecule has 3 unspecified atom stereocenters. The molecule has 0 bridgehead atoms.